The molecule has 0 aliphatic rings. The van der Waals surface area contributed by atoms with Gasteiger partial charge in [-0.25, -0.2) is 0 Å². The third-order valence-corrected chi connectivity index (χ3v) is 2.77. The molecule has 1 aromatic heterocycles. The summed E-state index contributed by atoms with van der Waals surface area (Å²) in [4.78, 5) is 12.1. The minimum atomic E-state index is -1.22. The lowest BCUT2D eigenvalue weighted by Gasteiger charge is -2.10. The van der Waals surface area contributed by atoms with Crippen molar-refractivity contribution in [2.45, 2.75) is 6.10 Å². The molecule has 1 atom stereocenters. The van der Waals surface area contributed by atoms with Crippen molar-refractivity contribution < 1.29 is 9.90 Å². The molecule has 0 fully saturated rings. The number of halogens is 1. The number of aliphatic hydroxyl groups is 1. The zero-order chi connectivity index (χ0) is 12.4. The van der Waals surface area contributed by atoms with Crippen molar-refractivity contribution in [2.24, 2.45) is 7.05 Å². The Kier molecular flexibility index (Phi) is 3.26. The van der Waals surface area contributed by atoms with E-state index in [-0.39, 0.29) is 10.7 Å². The standard InChI is InChI=1S/C12H11ClN2O2/c1-15-10(9(13)7-14-15)12(17)11(16)8-5-3-2-4-6-8/h2-7,11,16H,1H3. The normalized spacial score (nSPS) is 12.4. The smallest absolute Gasteiger partial charge is 0.215 e. The number of aliphatic hydroxyl groups excluding tert-OH is 1. The minimum absolute atomic E-state index is 0.211. The van der Waals surface area contributed by atoms with Crippen LogP contribution in [0.25, 0.3) is 0 Å². The number of Topliss-reactive ketones (excluding diaryl/α,β-unsaturated/α-hetero) is 1. The van der Waals surface area contributed by atoms with Crippen LogP contribution in [0, 0.1) is 0 Å². The van der Waals surface area contributed by atoms with Gasteiger partial charge in [0.15, 0.2) is 0 Å². The zero-order valence-corrected chi connectivity index (χ0v) is 9.93. The molecule has 1 heterocycles. The highest BCUT2D eigenvalue weighted by Crippen LogP contribution is 2.22. The second-order valence-corrected chi connectivity index (χ2v) is 4.05. The van der Waals surface area contributed by atoms with Crippen LogP contribution >= 0.6 is 11.6 Å². The van der Waals surface area contributed by atoms with E-state index in [9.17, 15) is 9.90 Å². The van der Waals surface area contributed by atoms with Crippen LogP contribution in [0.5, 0.6) is 0 Å². The van der Waals surface area contributed by atoms with Crippen molar-refractivity contribution >= 4 is 17.4 Å². The Morgan fingerprint density at radius 1 is 1.41 bits per heavy atom. The van der Waals surface area contributed by atoms with Gasteiger partial charge in [-0.3, -0.25) is 9.48 Å². The molecule has 0 aliphatic heterocycles. The van der Waals surface area contributed by atoms with E-state index >= 15 is 0 Å². The van der Waals surface area contributed by atoms with Gasteiger partial charge in [-0.2, -0.15) is 5.10 Å². The lowest BCUT2D eigenvalue weighted by atomic mass is 10.0. The van der Waals surface area contributed by atoms with Crippen LogP contribution in [0.2, 0.25) is 5.02 Å². The lowest BCUT2D eigenvalue weighted by molar-refractivity contribution is 0.0737. The molecule has 2 rings (SSSR count). The maximum absolute atomic E-state index is 12.1. The van der Waals surface area contributed by atoms with Crippen LogP contribution in [0.15, 0.2) is 36.5 Å². The summed E-state index contributed by atoms with van der Waals surface area (Å²) >= 11 is 5.86. The summed E-state index contributed by atoms with van der Waals surface area (Å²) in [6, 6.07) is 8.71. The van der Waals surface area contributed by atoms with Crippen LogP contribution < -0.4 is 0 Å². The van der Waals surface area contributed by atoms with E-state index in [1.54, 1.807) is 31.3 Å². The number of hydrogen-bond donors (Lipinski definition) is 1. The molecule has 0 spiro atoms. The lowest BCUT2D eigenvalue weighted by Crippen LogP contribution is -2.16. The monoisotopic (exact) mass is 250 g/mol. The minimum Gasteiger partial charge on any atom is -0.380 e. The molecule has 0 bridgehead atoms. The van der Waals surface area contributed by atoms with Crippen molar-refractivity contribution in [1.29, 1.82) is 0 Å². The predicted molar refractivity (Wildman–Crippen MR) is 64.0 cm³/mol. The van der Waals surface area contributed by atoms with E-state index in [4.69, 9.17) is 11.6 Å². The highest BCUT2D eigenvalue weighted by Gasteiger charge is 2.24. The predicted octanol–water partition coefficient (Wildman–Crippen LogP) is 1.99. The van der Waals surface area contributed by atoms with Crippen molar-refractivity contribution in [2.75, 3.05) is 0 Å². The average molecular weight is 251 g/mol. The molecule has 0 radical (unpaired) electrons. The second kappa shape index (κ2) is 4.69. The van der Waals surface area contributed by atoms with Gasteiger partial charge in [0.2, 0.25) is 5.78 Å². The van der Waals surface area contributed by atoms with Gasteiger partial charge in [-0.15, -0.1) is 0 Å². The van der Waals surface area contributed by atoms with Crippen molar-refractivity contribution in [3.63, 3.8) is 0 Å². The van der Waals surface area contributed by atoms with Crippen LogP contribution in [-0.4, -0.2) is 20.7 Å². The Morgan fingerprint density at radius 3 is 2.59 bits per heavy atom. The molecule has 88 valence electrons. The molecule has 5 heteroatoms. The molecule has 4 nitrogen and oxygen atoms in total. The van der Waals surface area contributed by atoms with E-state index in [1.807, 2.05) is 6.07 Å². The molecule has 0 saturated carbocycles. The molecule has 0 aliphatic carbocycles. The number of aromatic nitrogens is 2. The molecule has 1 unspecified atom stereocenters. The molecular weight excluding hydrogens is 240 g/mol. The third-order valence-electron chi connectivity index (χ3n) is 2.49. The Labute approximate surface area is 103 Å². The zero-order valence-electron chi connectivity index (χ0n) is 9.17. The topological polar surface area (TPSA) is 55.1 Å². The third kappa shape index (κ3) is 2.23. The summed E-state index contributed by atoms with van der Waals surface area (Å²) in [7, 11) is 1.61. The fraction of sp³-hybridized carbons (Fsp3) is 0.167. The van der Waals surface area contributed by atoms with Gasteiger partial charge in [0.05, 0.1) is 11.2 Å². The Balaban J connectivity index is 2.33. The number of carbonyl (C=O) groups is 1. The first-order valence-electron chi connectivity index (χ1n) is 5.06. The first kappa shape index (κ1) is 11.8. The molecule has 1 N–H and O–H groups in total. The first-order chi connectivity index (χ1) is 8.11. The molecule has 2 aromatic rings. The number of ketones is 1. The Morgan fingerprint density at radius 2 is 2.06 bits per heavy atom. The summed E-state index contributed by atoms with van der Waals surface area (Å²) in [6.07, 6.45) is 0.163. The highest BCUT2D eigenvalue weighted by atomic mass is 35.5. The van der Waals surface area contributed by atoms with Crippen LogP contribution in [0.1, 0.15) is 22.2 Å². The summed E-state index contributed by atoms with van der Waals surface area (Å²) < 4.78 is 1.36. The van der Waals surface area contributed by atoms with E-state index in [1.165, 1.54) is 10.9 Å². The van der Waals surface area contributed by atoms with Gasteiger partial charge in [0.1, 0.15) is 11.8 Å². The van der Waals surface area contributed by atoms with Crippen LogP contribution in [0.3, 0.4) is 0 Å². The number of carbonyl (C=O) groups excluding carboxylic acids is 1. The van der Waals surface area contributed by atoms with Crippen LogP contribution in [-0.2, 0) is 7.05 Å². The van der Waals surface area contributed by atoms with Gasteiger partial charge in [0.25, 0.3) is 0 Å². The quantitative estimate of drug-likeness (QED) is 0.848. The number of hydrogen-bond acceptors (Lipinski definition) is 3. The summed E-state index contributed by atoms with van der Waals surface area (Å²) in [6.45, 7) is 0. The first-order valence-corrected chi connectivity index (χ1v) is 5.43. The molecule has 0 saturated heterocycles. The Bertz CT molecular complexity index is 517. The number of benzene rings is 1. The SMILES string of the molecule is Cn1ncc(Cl)c1C(=O)C(O)c1ccccc1. The van der Waals surface area contributed by atoms with E-state index in [0.29, 0.717) is 5.56 Å². The van der Waals surface area contributed by atoms with Gasteiger partial charge in [-0.1, -0.05) is 41.9 Å². The average Bonchev–Trinajstić information content (AvgIpc) is 2.68. The highest BCUT2D eigenvalue weighted by molar-refractivity contribution is 6.33. The summed E-state index contributed by atoms with van der Waals surface area (Å²) in [5.41, 5.74) is 0.748. The number of nitrogens with zero attached hydrogens (tertiary/aromatic N) is 2. The van der Waals surface area contributed by atoms with Gasteiger partial charge in [0, 0.05) is 7.05 Å². The fourth-order valence-corrected chi connectivity index (χ4v) is 1.86. The molecular formula is C12H11ClN2O2. The second-order valence-electron chi connectivity index (χ2n) is 3.64. The van der Waals surface area contributed by atoms with E-state index < -0.39 is 11.9 Å². The summed E-state index contributed by atoms with van der Waals surface area (Å²) in [5.74, 6) is -0.457. The number of rotatable bonds is 3. The van der Waals surface area contributed by atoms with Gasteiger partial charge < -0.3 is 5.11 Å². The number of aryl methyl sites for hydroxylation is 1. The van der Waals surface area contributed by atoms with Crippen molar-refractivity contribution in [3.05, 3.63) is 52.8 Å². The molecule has 1 aromatic carbocycles. The maximum Gasteiger partial charge on any atom is 0.215 e. The van der Waals surface area contributed by atoms with Gasteiger partial charge >= 0.3 is 0 Å². The van der Waals surface area contributed by atoms with Crippen molar-refractivity contribution in [1.82, 2.24) is 9.78 Å². The fourth-order valence-electron chi connectivity index (χ4n) is 1.60. The van der Waals surface area contributed by atoms with Crippen molar-refractivity contribution in [3.8, 4) is 0 Å². The maximum atomic E-state index is 12.1. The summed E-state index contributed by atoms with van der Waals surface area (Å²) in [5, 5.41) is 14.1. The van der Waals surface area contributed by atoms with Gasteiger partial charge in [-0.05, 0) is 5.56 Å². The molecule has 0 amide bonds. The molecule has 17 heavy (non-hydrogen) atoms. The van der Waals surface area contributed by atoms with E-state index in [0.717, 1.165) is 0 Å². The Hall–Kier alpha value is -1.65. The van der Waals surface area contributed by atoms with E-state index in [2.05, 4.69) is 5.10 Å². The van der Waals surface area contributed by atoms with Crippen LogP contribution in [0.4, 0.5) is 0 Å². The largest absolute Gasteiger partial charge is 0.380 e.